The number of carbonyl (C=O) groups is 1. The number of aryl methyl sites for hydroxylation is 1. The molecule has 1 aliphatic carbocycles. The summed E-state index contributed by atoms with van der Waals surface area (Å²) >= 11 is 12.7. The van der Waals surface area contributed by atoms with Gasteiger partial charge in [-0.1, -0.05) is 41.4 Å². The minimum Gasteiger partial charge on any atom is -0.489 e. The van der Waals surface area contributed by atoms with Crippen molar-refractivity contribution in [2.75, 3.05) is 17.6 Å². The van der Waals surface area contributed by atoms with Crippen LogP contribution in [0, 0.1) is 5.92 Å². The molecule has 1 aromatic heterocycles. The van der Waals surface area contributed by atoms with E-state index in [4.69, 9.17) is 32.7 Å². The molecular weight excluding hydrogens is 601 g/mol. The number of ether oxygens (including phenoxy) is 3. The largest absolute Gasteiger partial charge is 0.489 e. The molecule has 13 heteroatoms. The number of pyridine rings is 1. The zero-order chi connectivity index (χ0) is 29.6. The van der Waals surface area contributed by atoms with E-state index >= 15 is 0 Å². The lowest BCUT2D eigenvalue weighted by Crippen LogP contribution is -2.16. The van der Waals surface area contributed by atoms with Crippen LogP contribution in [0.5, 0.6) is 11.5 Å². The molecule has 0 unspecified atom stereocenters. The molecular formula is C28H28Cl2F2N2O6S. The molecule has 1 heterocycles. The third kappa shape index (κ3) is 9.72. The first kappa shape index (κ1) is 30.8. The van der Waals surface area contributed by atoms with E-state index in [0.29, 0.717) is 35.8 Å². The van der Waals surface area contributed by atoms with Crippen molar-refractivity contribution in [1.29, 1.82) is 0 Å². The Morgan fingerprint density at radius 1 is 1.07 bits per heavy atom. The highest BCUT2D eigenvalue weighted by molar-refractivity contribution is 7.92. The fourth-order valence-corrected chi connectivity index (χ4v) is 5.07. The molecule has 8 nitrogen and oxygen atoms in total. The normalized spacial score (nSPS) is 14.0. The third-order valence-electron chi connectivity index (χ3n) is 6.22. The minimum atomic E-state index is -3.41. The monoisotopic (exact) mass is 628 g/mol. The summed E-state index contributed by atoms with van der Waals surface area (Å²) in [4.78, 5) is 16.9. The number of nitrogens with one attached hydrogen (secondary N) is 1. The molecule has 0 spiro atoms. The topological polar surface area (TPSA) is 104 Å². The van der Waals surface area contributed by atoms with Gasteiger partial charge >= 0.3 is 12.6 Å². The molecule has 0 aliphatic heterocycles. The van der Waals surface area contributed by atoms with Gasteiger partial charge in [-0.05, 0) is 66.1 Å². The number of carbonyl (C=O) groups excluding carboxylic acids is 1. The summed E-state index contributed by atoms with van der Waals surface area (Å²) in [5.41, 5.74) is 2.18. The molecule has 4 rings (SSSR count). The Morgan fingerprint density at radius 3 is 2.37 bits per heavy atom. The SMILES string of the molecule is CS(=O)(=O)Nc1ccc(CCC(=O)O[C@@H](Cc2c(Cl)cncc2Cl)c2ccc(OC(F)F)c(OCC3CC3)c2)cc1. The summed E-state index contributed by atoms with van der Waals surface area (Å²) < 4.78 is 67.5. The molecule has 1 saturated carbocycles. The molecule has 2 aromatic carbocycles. The summed E-state index contributed by atoms with van der Waals surface area (Å²) in [6.45, 7) is -2.68. The van der Waals surface area contributed by atoms with Crippen LogP contribution in [0.3, 0.4) is 0 Å². The maximum Gasteiger partial charge on any atom is 0.387 e. The molecule has 1 aliphatic rings. The average molecular weight is 630 g/mol. The maximum atomic E-state index is 13.0. The Morgan fingerprint density at radius 2 is 1.76 bits per heavy atom. The number of nitrogens with zero attached hydrogens (tertiary/aromatic N) is 1. The molecule has 41 heavy (non-hydrogen) atoms. The van der Waals surface area contributed by atoms with E-state index in [0.717, 1.165) is 24.7 Å². The lowest BCUT2D eigenvalue weighted by atomic mass is 10.0. The van der Waals surface area contributed by atoms with Crippen molar-refractivity contribution in [1.82, 2.24) is 4.98 Å². The number of rotatable bonds is 14. The van der Waals surface area contributed by atoms with Crippen LogP contribution < -0.4 is 14.2 Å². The van der Waals surface area contributed by atoms with Gasteiger partial charge in [0.15, 0.2) is 11.5 Å². The molecule has 0 bridgehead atoms. The average Bonchev–Trinajstić information content (AvgIpc) is 3.73. The van der Waals surface area contributed by atoms with E-state index in [1.807, 2.05) is 0 Å². The smallest absolute Gasteiger partial charge is 0.387 e. The predicted octanol–water partition coefficient (Wildman–Crippen LogP) is 6.61. The van der Waals surface area contributed by atoms with E-state index < -0.39 is 28.7 Å². The summed E-state index contributed by atoms with van der Waals surface area (Å²) in [7, 11) is -3.41. The molecule has 3 aromatic rings. The van der Waals surface area contributed by atoms with Crippen molar-refractivity contribution in [2.24, 2.45) is 5.92 Å². The van der Waals surface area contributed by atoms with Crippen LogP contribution in [0.15, 0.2) is 54.9 Å². The van der Waals surface area contributed by atoms with Crippen molar-refractivity contribution in [3.63, 3.8) is 0 Å². The lowest BCUT2D eigenvalue weighted by Gasteiger charge is -2.21. The second-order valence-corrected chi connectivity index (χ2v) is 12.2. The van der Waals surface area contributed by atoms with Gasteiger partial charge < -0.3 is 14.2 Å². The lowest BCUT2D eigenvalue weighted by molar-refractivity contribution is -0.149. The number of esters is 1. The fraction of sp³-hybridized carbons (Fsp3) is 0.357. The van der Waals surface area contributed by atoms with E-state index in [9.17, 15) is 22.0 Å². The van der Waals surface area contributed by atoms with Gasteiger partial charge in [0.2, 0.25) is 10.0 Å². The highest BCUT2D eigenvalue weighted by Gasteiger charge is 2.26. The Balaban J connectivity index is 1.53. The number of anilines is 1. The van der Waals surface area contributed by atoms with E-state index in [1.54, 1.807) is 24.3 Å². The number of halogens is 4. The van der Waals surface area contributed by atoms with Crippen LogP contribution in [0.25, 0.3) is 0 Å². The number of sulfonamides is 1. The van der Waals surface area contributed by atoms with Crippen molar-refractivity contribution >= 4 is 44.9 Å². The molecule has 1 N–H and O–H groups in total. The van der Waals surface area contributed by atoms with Gasteiger partial charge in [0.1, 0.15) is 6.10 Å². The molecule has 0 amide bonds. The van der Waals surface area contributed by atoms with E-state index in [2.05, 4.69) is 14.4 Å². The summed E-state index contributed by atoms with van der Waals surface area (Å²) in [6.07, 6.45) is 5.47. The Hall–Kier alpha value is -3.15. The molecule has 0 radical (unpaired) electrons. The van der Waals surface area contributed by atoms with E-state index in [-0.39, 0.29) is 34.4 Å². The highest BCUT2D eigenvalue weighted by atomic mass is 35.5. The van der Waals surface area contributed by atoms with Crippen LogP contribution in [0.4, 0.5) is 14.5 Å². The zero-order valence-electron chi connectivity index (χ0n) is 22.0. The van der Waals surface area contributed by atoms with Gasteiger partial charge in [-0.2, -0.15) is 8.78 Å². The molecule has 0 saturated heterocycles. The first-order valence-corrected chi connectivity index (χ1v) is 15.4. The third-order valence-corrected chi connectivity index (χ3v) is 7.48. The van der Waals surface area contributed by atoms with Crippen molar-refractivity contribution in [3.05, 3.63) is 81.6 Å². The van der Waals surface area contributed by atoms with Crippen LogP contribution in [-0.2, 0) is 32.4 Å². The number of aromatic nitrogens is 1. The van der Waals surface area contributed by atoms with Crippen molar-refractivity contribution in [2.45, 2.75) is 44.8 Å². The molecule has 1 fully saturated rings. The van der Waals surface area contributed by atoms with Gasteiger partial charge in [0.25, 0.3) is 0 Å². The standard InChI is InChI=1S/C28H28Cl2F2N2O6S/c1-41(36,37)34-20-8-4-17(5-9-20)6-11-27(35)39-25(13-21-22(29)14-33-15-23(21)30)19-7-10-24(40-28(31)32)26(12-19)38-16-18-2-3-18/h4-5,7-10,12,14-15,18,25,28,34H,2-3,6,11,13,16H2,1H3/t25-/m0/s1. The second kappa shape index (κ2) is 13.7. The van der Waals surface area contributed by atoms with Gasteiger partial charge in [0, 0.05) is 30.9 Å². The summed E-state index contributed by atoms with van der Waals surface area (Å²) in [5.74, 6) is -0.172. The minimum absolute atomic E-state index is 0.0186. The fourth-order valence-electron chi connectivity index (χ4n) is 3.99. The zero-order valence-corrected chi connectivity index (χ0v) is 24.3. The van der Waals surface area contributed by atoms with Gasteiger partial charge in [0.05, 0.1) is 22.9 Å². The summed E-state index contributed by atoms with van der Waals surface area (Å²) in [5, 5.41) is 0.563. The molecule has 1 atom stereocenters. The number of hydrogen-bond acceptors (Lipinski definition) is 7. The molecule has 220 valence electrons. The van der Waals surface area contributed by atoms with Crippen LogP contribution in [0.1, 0.15) is 42.1 Å². The quantitative estimate of drug-likeness (QED) is 0.200. The van der Waals surface area contributed by atoms with Crippen LogP contribution >= 0.6 is 23.2 Å². The number of hydrogen-bond donors (Lipinski definition) is 1. The first-order valence-electron chi connectivity index (χ1n) is 12.7. The predicted molar refractivity (Wildman–Crippen MR) is 151 cm³/mol. The maximum absolute atomic E-state index is 13.0. The van der Waals surface area contributed by atoms with Crippen LogP contribution in [0.2, 0.25) is 10.0 Å². The Labute approximate surface area is 247 Å². The Bertz CT molecular complexity index is 1450. The second-order valence-electron chi connectivity index (χ2n) is 9.67. The number of benzene rings is 2. The number of alkyl halides is 2. The summed E-state index contributed by atoms with van der Waals surface area (Å²) in [6, 6.07) is 11.0. The van der Waals surface area contributed by atoms with Crippen LogP contribution in [-0.4, -0.2) is 38.8 Å². The van der Waals surface area contributed by atoms with Crippen molar-refractivity contribution in [3.8, 4) is 11.5 Å². The Kier molecular flexibility index (Phi) is 10.3. The van der Waals surface area contributed by atoms with E-state index in [1.165, 1.54) is 30.6 Å². The van der Waals surface area contributed by atoms with Gasteiger partial charge in [-0.3, -0.25) is 14.5 Å². The highest BCUT2D eigenvalue weighted by Crippen LogP contribution is 2.38. The van der Waals surface area contributed by atoms with Gasteiger partial charge in [-0.25, -0.2) is 8.42 Å². The van der Waals surface area contributed by atoms with Gasteiger partial charge in [-0.15, -0.1) is 0 Å². The van der Waals surface area contributed by atoms with Crippen molar-refractivity contribution < 1.29 is 36.2 Å². The first-order chi connectivity index (χ1) is 19.5.